The van der Waals surface area contributed by atoms with Crippen LogP contribution in [0.25, 0.3) is 0 Å². The van der Waals surface area contributed by atoms with Crippen molar-refractivity contribution in [3.05, 3.63) is 24.3 Å². The van der Waals surface area contributed by atoms with Gasteiger partial charge in [-0.25, -0.2) is 0 Å². The first-order valence-corrected chi connectivity index (χ1v) is 6.97. The maximum Gasteiger partial charge on any atom is 0.161 e. The molecule has 1 aliphatic rings. The molecule has 0 bridgehead atoms. The Labute approximate surface area is 109 Å². The van der Waals surface area contributed by atoms with Gasteiger partial charge in [0.15, 0.2) is 11.5 Å². The van der Waals surface area contributed by atoms with Gasteiger partial charge in [0.25, 0.3) is 0 Å². The van der Waals surface area contributed by atoms with Crippen molar-refractivity contribution in [3.8, 4) is 11.5 Å². The van der Waals surface area contributed by atoms with Gasteiger partial charge in [-0.05, 0) is 25.1 Å². The van der Waals surface area contributed by atoms with Crippen LogP contribution >= 0.6 is 0 Å². The van der Waals surface area contributed by atoms with E-state index in [-0.39, 0.29) is 6.10 Å². The number of benzene rings is 1. The van der Waals surface area contributed by atoms with Crippen LogP contribution in [-0.4, -0.2) is 25.3 Å². The third kappa shape index (κ3) is 3.16. The third-order valence-corrected chi connectivity index (χ3v) is 3.31. The number of hydrogen-bond acceptors (Lipinski definition) is 3. The molecule has 1 aromatic rings. The number of ether oxygens (including phenoxy) is 2. The Morgan fingerprint density at radius 2 is 2.06 bits per heavy atom. The van der Waals surface area contributed by atoms with E-state index in [0.717, 1.165) is 24.5 Å². The van der Waals surface area contributed by atoms with Crippen LogP contribution in [0.5, 0.6) is 11.5 Å². The lowest BCUT2D eigenvalue weighted by molar-refractivity contribution is 0.0593. The van der Waals surface area contributed by atoms with Gasteiger partial charge in [0.05, 0.1) is 0 Å². The number of rotatable bonds is 6. The van der Waals surface area contributed by atoms with Crippen molar-refractivity contribution in [1.29, 1.82) is 0 Å². The minimum Gasteiger partial charge on any atom is -0.486 e. The molecule has 100 valence electrons. The van der Waals surface area contributed by atoms with Crippen molar-refractivity contribution in [1.82, 2.24) is 5.32 Å². The average Bonchev–Trinajstić information content (AvgIpc) is 2.43. The lowest BCUT2D eigenvalue weighted by Crippen LogP contribution is -2.47. The molecule has 0 amide bonds. The largest absolute Gasteiger partial charge is 0.486 e. The molecule has 0 saturated carbocycles. The van der Waals surface area contributed by atoms with Gasteiger partial charge in [0, 0.05) is 6.04 Å². The van der Waals surface area contributed by atoms with Crippen LogP contribution in [0.15, 0.2) is 24.3 Å². The minimum absolute atomic E-state index is 0.117. The summed E-state index contributed by atoms with van der Waals surface area (Å²) < 4.78 is 11.8. The molecule has 1 N–H and O–H groups in total. The lowest BCUT2D eigenvalue weighted by Gasteiger charge is -2.32. The maximum absolute atomic E-state index is 6.06. The Bertz CT molecular complexity index is 367. The van der Waals surface area contributed by atoms with Crippen LogP contribution in [0.3, 0.4) is 0 Å². The highest BCUT2D eigenvalue weighted by molar-refractivity contribution is 5.40. The molecule has 0 aliphatic carbocycles. The zero-order chi connectivity index (χ0) is 12.8. The molecule has 0 radical (unpaired) electrons. The molecule has 0 saturated heterocycles. The molecule has 1 aliphatic heterocycles. The first kappa shape index (κ1) is 13.2. The molecular weight excluding hydrogens is 226 g/mol. The Balaban J connectivity index is 2.00. The van der Waals surface area contributed by atoms with E-state index < -0.39 is 0 Å². The summed E-state index contributed by atoms with van der Waals surface area (Å²) in [7, 11) is 0. The Morgan fingerprint density at radius 3 is 2.78 bits per heavy atom. The van der Waals surface area contributed by atoms with E-state index in [0.29, 0.717) is 12.6 Å². The Kier molecular flexibility index (Phi) is 4.88. The summed E-state index contributed by atoms with van der Waals surface area (Å²) in [6, 6.07) is 8.27. The second-order valence-corrected chi connectivity index (χ2v) is 4.72. The summed E-state index contributed by atoms with van der Waals surface area (Å²) in [6.07, 6.45) is 3.69. The van der Waals surface area contributed by atoms with Gasteiger partial charge in [-0.2, -0.15) is 0 Å². The summed E-state index contributed by atoms with van der Waals surface area (Å²) in [5, 5.41) is 3.51. The molecule has 2 atom stereocenters. The first-order valence-electron chi connectivity index (χ1n) is 6.97. The normalized spacial score (nSPS) is 19.6. The van der Waals surface area contributed by atoms with Gasteiger partial charge in [-0.3, -0.25) is 0 Å². The number of nitrogens with one attached hydrogen (secondary N) is 1. The van der Waals surface area contributed by atoms with Crippen LogP contribution in [-0.2, 0) is 0 Å². The molecule has 0 aromatic heterocycles. The lowest BCUT2D eigenvalue weighted by atomic mass is 10.0. The van der Waals surface area contributed by atoms with E-state index in [1.54, 1.807) is 0 Å². The van der Waals surface area contributed by atoms with E-state index in [9.17, 15) is 0 Å². The second kappa shape index (κ2) is 6.64. The number of unbranched alkanes of at least 4 members (excludes halogenated alkanes) is 1. The van der Waals surface area contributed by atoms with Crippen molar-refractivity contribution in [2.24, 2.45) is 0 Å². The zero-order valence-corrected chi connectivity index (χ0v) is 11.3. The SMILES string of the molecule is CCCCC(NCC)C1COc2ccccc2O1. The Hall–Kier alpha value is -1.22. The van der Waals surface area contributed by atoms with Crippen molar-refractivity contribution < 1.29 is 9.47 Å². The van der Waals surface area contributed by atoms with E-state index in [4.69, 9.17) is 9.47 Å². The van der Waals surface area contributed by atoms with Gasteiger partial charge < -0.3 is 14.8 Å². The molecule has 0 fully saturated rings. The number of para-hydroxylation sites is 2. The first-order chi connectivity index (χ1) is 8.85. The summed E-state index contributed by atoms with van der Waals surface area (Å²) >= 11 is 0. The highest BCUT2D eigenvalue weighted by Gasteiger charge is 2.27. The summed E-state index contributed by atoms with van der Waals surface area (Å²) in [5.41, 5.74) is 0. The highest BCUT2D eigenvalue weighted by atomic mass is 16.6. The minimum atomic E-state index is 0.117. The van der Waals surface area contributed by atoms with Crippen molar-refractivity contribution >= 4 is 0 Å². The quantitative estimate of drug-likeness (QED) is 0.840. The van der Waals surface area contributed by atoms with Crippen LogP contribution < -0.4 is 14.8 Å². The van der Waals surface area contributed by atoms with E-state index in [2.05, 4.69) is 19.2 Å². The molecule has 2 rings (SSSR count). The molecule has 3 nitrogen and oxygen atoms in total. The van der Waals surface area contributed by atoms with Gasteiger partial charge in [0.1, 0.15) is 12.7 Å². The average molecular weight is 249 g/mol. The second-order valence-electron chi connectivity index (χ2n) is 4.72. The van der Waals surface area contributed by atoms with Crippen molar-refractivity contribution in [3.63, 3.8) is 0 Å². The molecule has 3 heteroatoms. The fourth-order valence-electron chi connectivity index (χ4n) is 2.34. The van der Waals surface area contributed by atoms with Crippen LogP contribution in [0, 0.1) is 0 Å². The predicted octanol–water partition coefficient (Wildman–Crippen LogP) is 2.99. The summed E-state index contributed by atoms with van der Waals surface area (Å²) in [4.78, 5) is 0. The molecule has 18 heavy (non-hydrogen) atoms. The topological polar surface area (TPSA) is 30.5 Å². The maximum atomic E-state index is 6.06. The van der Waals surface area contributed by atoms with Gasteiger partial charge in [-0.1, -0.05) is 38.8 Å². The standard InChI is InChI=1S/C15H23NO2/c1-3-5-8-12(16-4-2)15-11-17-13-9-6-7-10-14(13)18-15/h6-7,9-10,12,15-16H,3-5,8,11H2,1-2H3. The summed E-state index contributed by atoms with van der Waals surface area (Å²) in [5.74, 6) is 1.73. The van der Waals surface area contributed by atoms with Gasteiger partial charge in [0.2, 0.25) is 0 Å². The number of likely N-dealkylation sites (N-methyl/N-ethyl adjacent to an activating group) is 1. The highest BCUT2D eigenvalue weighted by Crippen LogP contribution is 2.32. The van der Waals surface area contributed by atoms with E-state index in [1.807, 2.05) is 24.3 Å². The fourth-order valence-corrected chi connectivity index (χ4v) is 2.34. The van der Waals surface area contributed by atoms with Crippen LogP contribution in [0.1, 0.15) is 33.1 Å². The van der Waals surface area contributed by atoms with Crippen molar-refractivity contribution in [2.45, 2.75) is 45.3 Å². The molecule has 0 spiro atoms. The van der Waals surface area contributed by atoms with Crippen LogP contribution in [0.4, 0.5) is 0 Å². The van der Waals surface area contributed by atoms with E-state index >= 15 is 0 Å². The van der Waals surface area contributed by atoms with E-state index in [1.165, 1.54) is 12.8 Å². The molecule has 1 heterocycles. The Morgan fingerprint density at radius 1 is 1.28 bits per heavy atom. The fraction of sp³-hybridized carbons (Fsp3) is 0.600. The zero-order valence-electron chi connectivity index (χ0n) is 11.3. The third-order valence-electron chi connectivity index (χ3n) is 3.31. The predicted molar refractivity (Wildman–Crippen MR) is 73.3 cm³/mol. The monoisotopic (exact) mass is 249 g/mol. The van der Waals surface area contributed by atoms with Gasteiger partial charge >= 0.3 is 0 Å². The van der Waals surface area contributed by atoms with Crippen molar-refractivity contribution in [2.75, 3.05) is 13.2 Å². The molecule has 2 unspecified atom stereocenters. The molecule has 1 aromatic carbocycles. The van der Waals surface area contributed by atoms with Gasteiger partial charge in [-0.15, -0.1) is 0 Å². The summed E-state index contributed by atoms with van der Waals surface area (Å²) in [6.45, 7) is 5.96. The molecular formula is C15H23NO2. The number of fused-ring (bicyclic) bond motifs is 1. The smallest absolute Gasteiger partial charge is 0.161 e. The van der Waals surface area contributed by atoms with Crippen LogP contribution in [0.2, 0.25) is 0 Å². The number of hydrogen-bond donors (Lipinski definition) is 1.